The Morgan fingerprint density at radius 2 is 2.20 bits per heavy atom. The second-order valence-corrected chi connectivity index (χ2v) is 6.38. The zero-order chi connectivity index (χ0) is 14.9. The molecule has 1 fully saturated rings. The van der Waals surface area contributed by atoms with Crippen LogP contribution in [0.15, 0.2) is 18.2 Å². The summed E-state index contributed by atoms with van der Waals surface area (Å²) in [5.74, 6) is -1.08. The highest BCUT2D eigenvalue weighted by molar-refractivity contribution is 7.89. The minimum Gasteiger partial charge on any atom is -0.495 e. The minimum absolute atomic E-state index is 0.0656. The first-order valence-electron chi connectivity index (χ1n) is 5.94. The lowest BCUT2D eigenvalue weighted by Gasteiger charge is -2.19. The predicted octanol–water partition coefficient (Wildman–Crippen LogP) is 0.476. The van der Waals surface area contributed by atoms with Crippen LogP contribution in [0.4, 0.5) is 10.1 Å². The van der Waals surface area contributed by atoms with Crippen molar-refractivity contribution in [1.82, 2.24) is 0 Å². The van der Waals surface area contributed by atoms with Crippen molar-refractivity contribution in [2.75, 3.05) is 24.3 Å². The molecule has 0 aliphatic carbocycles. The quantitative estimate of drug-likeness (QED) is 0.875. The Labute approximate surface area is 116 Å². The number of nitrogens with zero attached hydrogens (tertiary/aromatic N) is 1. The lowest BCUT2D eigenvalue weighted by atomic mass is 10.1. The van der Waals surface area contributed by atoms with E-state index in [0.717, 1.165) is 0 Å². The summed E-state index contributed by atoms with van der Waals surface area (Å²) in [5, 5.41) is 4.98. The molecule has 0 spiro atoms. The molecule has 1 aromatic rings. The largest absolute Gasteiger partial charge is 0.495 e. The van der Waals surface area contributed by atoms with Gasteiger partial charge in [-0.2, -0.15) is 0 Å². The number of halogens is 1. The van der Waals surface area contributed by atoms with E-state index in [2.05, 4.69) is 0 Å². The third kappa shape index (κ3) is 3.26. The van der Waals surface area contributed by atoms with Crippen LogP contribution in [-0.4, -0.2) is 33.7 Å². The van der Waals surface area contributed by atoms with E-state index >= 15 is 0 Å². The number of amides is 1. The molecule has 2 N–H and O–H groups in total. The summed E-state index contributed by atoms with van der Waals surface area (Å²) in [6, 6.07) is 3.84. The molecule has 1 aromatic carbocycles. The van der Waals surface area contributed by atoms with Gasteiger partial charge in [0.05, 0.1) is 18.6 Å². The van der Waals surface area contributed by atoms with Gasteiger partial charge in [-0.25, -0.2) is 17.9 Å². The van der Waals surface area contributed by atoms with Crippen LogP contribution in [0, 0.1) is 11.7 Å². The molecule has 2 rings (SSSR count). The van der Waals surface area contributed by atoms with Gasteiger partial charge in [0.25, 0.3) is 0 Å². The van der Waals surface area contributed by atoms with Crippen molar-refractivity contribution < 1.29 is 22.3 Å². The third-order valence-corrected chi connectivity index (χ3v) is 4.04. The molecule has 1 aliphatic rings. The number of benzene rings is 1. The van der Waals surface area contributed by atoms with Gasteiger partial charge in [0.2, 0.25) is 15.9 Å². The van der Waals surface area contributed by atoms with E-state index in [4.69, 9.17) is 9.88 Å². The summed E-state index contributed by atoms with van der Waals surface area (Å²) in [5.41, 5.74) is 0.300. The molecule has 6 nitrogen and oxygen atoms in total. The van der Waals surface area contributed by atoms with Gasteiger partial charge in [-0.05, 0) is 12.1 Å². The molecule has 110 valence electrons. The van der Waals surface area contributed by atoms with Crippen molar-refractivity contribution in [3.05, 3.63) is 24.0 Å². The molecule has 0 saturated carbocycles. The summed E-state index contributed by atoms with van der Waals surface area (Å²) >= 11 is 0. The van der Waals surface area contributed by atoms with Gasteiger partial charge >= 0.3 is 0 Å². The molecule has 1 heterocycles. The smallest absolute Gasteiger partial charge is 0.227 e. The summed E-state index contributed by atoms with van der Waals surface area (Å²) in [6.07, 6.45) is 0.0656. The first-order chi connectivity index (χ1) is 9.30. The van der Waals surface area contributed by atoms with Crippen molar-refractivity contribution in [2.45, 2.75) is 6.42 Å². The molecule has 8 heteroatoms. The van der Waals surface area contributed by atoms with Gasteiger partial charge in [0.15, 0.2) is 0 Å². The van der Waals surface area contributed by atoms with Crippen molar-refractivity contribution in [3.8, 4) is 5.75 Å². The highest BCUT2D eigenvalue weighted by Gasteiger charge is 2.34. The normalized spacial score (nSPS) is 19.4. The number of ether oxygens (including phenoxy) is 1. The number of carbonyl (C=O) groups excluding carboxylic acids is 1. The molecule has 0 bridgehead atoms. The van der Waals surface area contributed by atoms with Gasteiger partial charge in [-0.3, -0.25) is 4.79 Å². The van der Waals surface area contributed by atoms with Gasteiger partial charge in [0, 0.05) is 24.9 Å². The van der Waals surface area contributed by atoms with Crippen LogP contribution >= 0.6 is 0 Å². The lowest BCUT2D eigenvalue weighted by Crippen LogP contribution is -2.27. The van der Waals surface area contributed by atoms with Gasteiger partial charge in [0.1, 0.15) is 11.6 Å². The predicted molar refractivity (Wildman–Crippen MR) is 71.4 cm³/mol. The Morgan fingerprint density at radius 3 is 2.80 bits per heavy atom. The lowest BCUT2D eigenvalue weighted by molar-refractivity contribution is -0.117. The molecule has 1 unspecified atom stereocenters. The van der Waals surface area contributed by atoms with Crippen LogP contribution in [-0.2, 0) is 14.8 Å². The fourth-order valence-electron chi connectivity index (χ4n) is 2.33. The topological polar surface area (TPSA) is 89.7 Å². The molecule has 0 radical (unpaired) electrons. The zero-order valence-electron chi connectivity index (χ0n) is 10.9. The maximum Gasteiger partial charge on any atom is 0.227 e. The number of primary sulfonamides is 1. The van der Waals surface area contributed by atoms with Gasteiger partial charge in [-0.1, -0.05) is 0 Å². The number of hydrogen-bond acceptors (Lipinski definition) is 4. The monoisotopic (exact) mass is 302 g/mol. The van der Waals surface area contributed by atoms with E-state index in [1.165, 1.54) is 30.2 Å². The van der Waals surface area contributed by atoms with Crippen LogP contribution in [0.25, 0.3) is 0 Å². The zero-order valence-corrected chi connectivity index (χ0v) is 11.7. The molecule has 20 heavy (non-hydrogen) atoms. The molecule has 0 aromatic heterocycles. The Hall–Kier alpha value is -1.67. The minimum atomic E-state index is -3.64. The number of hydrogen-bond donors (Lipinski definition) is 1. The van der Waals surface area contributed by atoms with Crippen molar-refractivity contribution in [2.24, 2.45) is 11.1 Å². The van der Waals surface area contributed by atoms with Gasteiger partial charge in [-0.15, -0.1) is 0 Å². The van der Waals surface area contributed by atoms with Crippen LogP contribution in [0.1, 0.15) is 6.42 Å². The average Bonchev–Trinajstić information content (AvgIpc) is 2.67. The highest BCUT2D eigenvalue weighted by atomic mass is 32.2. The molecule has 1 atom stereocenters. The van der Waals surface area contributed by atoms with E-state index in [9.17, 15) is 17.6 Å². The number of nitrogens with two attached hydrogens (primary N) is 1. The number of rotatable bonds is 4. The first-order valence-corrected chi connectivity index (χ1v) is 7.66. The Morgan fingerprint density at radius 1 is 1.50 bits per heavy atom. The second-order valence-electron chi connectivity index (χ2n) is 4.72. The fourth-order valence-corrected chi connectivity index (χ4v) is 3.21. The number of sulfonamides is 1. The summed E-state index contributed by atoms with van der Waals surface area (Å²) in [6.45, 7) is 0.176. The van der Waals surface area contributed by atoms with Crippen molar-refractivity contribution in [3.63, 3.8) is 0 Å². The number of carbonyl (C=O) groups is 1. The maximum absolute atomic E-state index is 13.3. The van der Waals surface area contributed by atoms with E-state index in [1.54, 1.807) is 0 Å². The van der Waals surface area contributed by atoms with E-state index < -0.39 is 21.8 Å². The second kappa shape index (κ2) is 5.37. The Balaban J connectivity index is 2.26. The summed E-state index contributed by atoms with van der Waals surface area (Å²) in [4.78, 5) is 13.3. The Kier molecular flexibility index (Phi) is 3.96. The van der Waals surface area contributed by atoms with E-state index in [1.807, 2.05) is 0 Å². The van der Waals surface area contributed by atoms with Crippen LogP contribution in [0.3, 0.4) is 0 Å². The van der Waals surface area contributed by atoms with Crippen molar-refractivity contribution in [1.29, 1.82) is 0 Å². The molecule has 1 amide bonds. The van der Waals surface area contributed by atoms with Crippen molar-refractivity contribution >= 4 is 21.6 Å². The fraction of sp³-hybridized carbons (Fsp3) is 0.417. The highest BCUT2D eigenvalue weighted by Crippen LogP contribution is 2.33. The SMILES string of the molecule is COc1ccc(F)cc1N1CC(CS(N)(=O)=O)CC1=O. The average molecular weight is 302 g/mol. The van der Waals surface area contributed by atoms with Crippen LogP contribution in [0.5, 0.6) is 5.75 Å². The first kappa shape index (κ1) is 14.7. The molecule has 1 aliphatic heterocycles. The molecular weight excluding hydrogens is 287 g/mol. The number of methoxy groups -OCH3 is 1. The van der Waals surface area contributed by atoms with Gasteiger partial charge < -0.3 is 9.64 Å². The van der Waals surface area contributed by atoms with E-state index in [-0.39, 0.29) is 24.6 Å². The van der Waals surface area contributed by atoms with Crippen LogP contribution < -0.4 is 14.8 Å². The Bertz CT molecular complexity index is 632. The summed E-state index contributed by atoms with van der Waals surface area (Å²) in [7, 11) is -2.23. The summed E-state index contributed by atoms with van der Waals surface area (Å²) < 4.78 is 40.6. The van der Waals surface area contributed by atoms with Crippen LogP contribution in [0.2, 0.25) is 0 Å². The van der Waals surface area contributed by atoms with E-state index in [0.29, 0.717) is 11.4 Å². The molecule has 1 saturated heterocycles. The molecular formula is C12H15FN2O4S. The maximum atomic E-state index is 13.3. The standard InChI is InChI=1S/C12H15FN2O4S/c1-19-11-3-2-9(13)5-10(11)15-6-8(4-12(15)16)7-20(14,17)18/h2-3,5,8H,4,6-7H2,1H3,(H2,14,17,18). The third-order valence-electron chi connectivity index (χ3n) is 3.10. The number of anilines is 1.